The molecule has 7 rings (SSSR count). The first kappa shape index (κ1) is 32.7. The van der Waals surface area contributed by atoms with E-state index in [0.29, 0.717) is 37.1 Å². The minimum absolute atomic E-state index is 0.189. The molecule has 0 aromatic heterocycles. The van der Waals surface area contributed by atoms with Gasteiger partial charge in [-0.2, -0.15) is 0 Å². The highest BCUT2D eigenvalue weighted by Gasteiger charge is 2.50. The van der Waals surface area contributed by atoms with Gasteiger partial charge < -0.3 is 24.4 Å². The van der Waals surface area contributed by atoms with Gasteiger partial charge >= 0.3 is 12.1 Å². The van der Waals surface area contributed by atoms with E-state index in [1.807, 2.05) is 72.8 Å². The molecule has 3 amide bonds. The molecule has 1 aliphatic carbocycles. The molecule has 3 aromatic rings. The number of rotatable bonds is 7. The van der Waals surface area contributed by atoms with E-state index in [-0.39, 0.29) is 30.9 Å². The summed E-state index contributed by atoms with van der Waals surface area (Å²) < 4.78 is 11.4. The highest BCUT2D eigenvalue weighted by Crippen LogP contribution is 2.42. The van der Waals surface area contributed by atoms with Crippen molar-refractivity contribution in [2.75, 3.05) is 12.0 Å². The molecule has 1 saturated carbocycles. The van der Waals surface area contributed by atoms with Crippen LogP contribution >= 0.6 is 0 Å². The largest absolute Gasteiger partial charge is 0.497 e. The predicted octanol–water partition coefficient (Wildman–Crippen LogP) is 6.06. The van der Waals surface area contributed by atoms with Crippen LogP contribution in [0.25, 0.3) is 0 Å². The van der Waals surface area contributed by atoms with Crippen LogP contribution in [0, 0.1) is 0 Å². The van der Waals surface area contributed by atoms with Crippen LogP contribution < -0.4 is 9.64 Å². The minimum Gasteiger partial charge on any atom is -0.497 e. The molecule has 49 heavy (non-hydrogen) atoms. The van der Waals surface area contributed by atoms with Crippen molar-refractivity contribution in [3.8, 4) is 5.75 Å². The van der Waals surface area contributed by atoms with Crippen molar-refractivity contribution in [2.45, 2.75) is 101 Å². The molecule has 1 N–H and O–H groups in total. The van der Waals surface area contributed by atoms with Crippen LogP contribution in [0.5, 0.6) is 5.75 Å². The fourth-order valence-electron chi connectivity index (χ4n) is 8.30. The van der Waals surface area contributed by atoms with Gasteiger partial charge in [0, 0.05) is 19.0 Å². The Kier molecular flexibility index (Phi) is 9.29. The van der Waals surface area contributed by atoms with Crippen molar-refractivity contribution in [1.82, 2.24) is 9.80 Å². The summed E-state index contributed by atoms with van der Waals surface area (Å²) in [5.41, 5.74) is 4.40. The molecule has 1 saturated heterocycles. The number of carboxylic acids is 1. The summed E-state index contributed by atoms with van der Waals surface area (Å²) in [5.74, 6) is -0.885. The van der Waals surface area contributed by atoms with Crippen LogP contribution in [-0.4, -0.2) is 70.1 Å². The van der Waals surface area contributed by atoms with Crippen molar-refractivity contribution in [2.24, 2.45) is 0 Å². The number of para-hydroxylation sites is 1. The van der Waals surface area contributed by atoms with Gasteiger partial charge in [-0.1, -0.05) is 61.0 Å². The summed E-state index contributed by atoms with van der Waals surface area (Å²) in [4.78, 5) is 60.6. The quantitative estimate of drug-likeness (QED) is 0.326. The SMILES string of the molecule is COc1ccc([C@@H]2CC[C@H](C(=O)N3Cc4ccccc4C[C@@H]3CC(=O)O)N2C(=O)[C@H]2Cc3ccccc3N2C(=O)OC2CCCCC2)cc1. The van der Waals surface area contributed by atoms with Gasteiger partial charge in [0.1, 0.15) is 23.9 Å². The Hall–Kier alpha value is -4.86. The predicted molar refractivity (Wildman–Crippen MR) is 182 cm³/mol. The Bertz CT molecular complexity index is 1720. The summed E-state index contributed by atoms with van der Waals surface area (Å²) in [6.45, 7) is 0.271. The number of likely N-dealkylation sites (tertiary alicyclic amines) is 1. The molecular formula is C39H43N3O7. The maximum atomic E-state index is 15.1. The lowest BCUT2D eigenvalue weighted by molar-refractivity contribution is -0.150. The number of methoxy groups -OCH3 is 1. The molecule has 0 unspecified atom stereocenters. The summed E-state index contributed by atoms with van der Waals surface area (Å²) >= 11 is 0. The smallest absolute Gasteiger partial charge is 0.415 e. The summed E-state index contributed by atoms with van der Waals surface area (Å²) in [6, 6.07) is 20.1. The van der Waals surface area contributed by atoms with Crippen LogP contribution in [0.1, 0.15) is 79.7 Å². The fraction of sp³-hybridized carbons (Fsp3) is 0.436. The summed E-state index contributed by atoms with van der Waals surface area (Å²) in [6.07, 6.45) is 5.49. The average molecular weight is 666 g/mol. The van der Waals surface area contributed by atoms with Crippen molar-refractivity contribution in [3.05, 3.63) is 95.1 Å². The molecule has 3 heterocycles. The van der Waals surface area contributed by atoms with E-state index in [1.54, 1.807) is 16.9 Å². The van der Waals surface area contributed by atoms with Gasteiger partial charge in [0.25, 0.3) is 0 Å². The standard InChI is InChI=1S/C39H43N3O7/c1-48-30-17-15-25(16-18-30)33-19-20-34(37(45)40-24-28-11-6-5-9-26(28)21-29(40)23-36(43)44)41(33)38(46)35-22-27-10-7-8-14-32(27)42(35)39(47)49-31-12-3-2-4-13-31/h5-11,14-18,29,31,33-35H,2-4,12-13,19-24H2,1H3,(H,43,44)/t29-,33+,34-,35-/m1/s1. The number of anilines is 1. The van der Waals surface area contributed by atoms with E-state index in [0.717, 1.165) is 54.4 Å². The molecule has 3 aliphatic heterocycles. The van der Waals surface area contributed by atoms with Crippen molar-refractivity contribution in [1.29, 1.82) is 0 Å². The second kappa shape index (κ2) is 13.9. The van der Waals surface area contributed by atoms with Gasteiger partial charge in [-0.3, -0.25) is 19.3 Å². The van der Waals surface area contributed by atoms with E-state index >= 15 is 4.79 Å². The lowest BCUT2D eigenvalue weighted by Gasteiger charge is -2.41. The van der Waals surface area contributed by atoms with E-state index < -0.39 is 36.2 Å². The molecule has 4 aliphatic rings. The summed E-state index contributed by atoms with van der Waals surface area (Å²) in [7, 11) is 1.60. The number of hydrogen-bond donors (Lipinski definition) is 1. The Morgan fingerprint density at radius 1 is 0.755 bits per heavy atom. The Morgan fingerprint density at radius 2 is 1.45 bits per heavy atom. The third kappa shape index (κ3) is 6.48. The van der Waals surface area contributed by atoms with Crippen LogP contribution in [0.3, 0.4) is 0 Å². The molecule has 0 spiro atoms. The van der Waals surface area contributed by atoms with Crippen LogP contribution in [0.15, 0.2) is 72.8 Å². The molecule has 3 aromatic carbocycles. The molecule has 2 fully saturated rings. The molecule has 0 bridgehead atoms. The van der Waals surface area contributed by atoms with Crippen molar-refractivity contribution >= 4 is 29.6 Å². The molecule has 10 heteroatoms. The van der Waals surface area contributed by atoms with Gasteiger partial charge in [0.2, 0.25) is 11.8 Å². The number of carbonyl (C=O) groups is 4. The number of amides is 3. The number of fused-ring (bicyclic) bond motifs is 2. The van der Waals surface area contributed by atoms with Gasteiger partial charge in [-0.25, -0.2) is 4.79 Å². The molecule has 10 nitrogen and oxygen atoms in total. The Balaban J connectivity index is 1.24. The zero-order valence-corrected chi connectivity index (χ0v) is 27.8. The molecule has 0 radical (unpaired) electrons. The second-order valence-corrected chi connectivity index (χ2v) is 13.7. The van der Waals surface area contributed by atoms with Gasteiger partial charge in [-0.05, 0) is 85.4 Å². The number of aliphatic carboxylic acids is 1. The Labute approximate surface area is 286 Å². The molecule has 4 atom stereocenters. The Morgan fingerprint density at radius 3 is 2.16 bits per heavy atom. The third-order valence-electron chi connectivity index (χ3n) is 10.8. The average Bonchev–Trinajstić information content (AvgIpc) is 3.74. The van der Waals surface area contributed by atoms with E-state index in [2.05, 4.69) is 0 Å². The zero-order chi connectivity index (χ0) is 34.1. The maximum Gasteiger partial charge on any atom is 0.415 e. The van der Waals surface area contributed by atoms with Gasteiger partial charge in [-0.15, -0.1) is 0 Å². The number of benzene rings is 3. The summed E-state index contributed by atoms with van der Waals surface area (Å²) in [5, 5.41) is 9.82. The van der Waals surface area contributed by atoms with Crippen LogP contribution in [-0.2, 0) is 38.5 Å². The monoisotopic (exact) mass is 665 g/mol. The van der Waals surface area contributed by atoms with Crippen LogP contribution in [0.2, 0.25) is 0 Å². The molecular weight excluding hydrogens is 622 g/mol. The van der Waals surface area contributed by atoms with E-state index in [4.69, 9.17) is 9.47 Å². The molecule has 256 valence electrons. The van der Waals surface area contributed by atoms with Crippen LogP contribution in [0.4, 0.5) is 10.5 Å². The third-order valence-corrected chi connectivity index (χ3v) is 10.8. The first-order valence-electron chi connectivity index (χ1n) is 17.4. The number of nitrogens with zero attached hydrogens (tertiary/aromatic N) is 3. The number of carbonyl (C=O) groups excluding carboxylic acids is 3. The maximum absolute atomic E-state index is 15.1. The van der Waals surface area contributed by atoms with Crippen molar-refractivity contribution in [3.63, 3.8) is 0 Å². The van der Waals surface area contributed by atoms with Gasteiger partial charge in [0.05, 0.1) is 25.3 Å². The second-order valence-electron chi connectivity index (χ2n) is 13.7. The van der Waals surface area contributed by atoms with E-state index in [9.17, 15) is 19.5 Å². The lowest BCUT2D eigenvalue weighted by Crippen LogP contribution is -2.57. The minimum atomic E-state index is -0.978. The highest BCUT2D eigenvalue weighted by atomic mass is 16.6. The lowest BCUT2D eigenvalue weighted by atomic mass is 9.91. The van der Waals surface area contributed by atoms with E-state index in [1.165, 1.54) is 4.90 Å². The fourth-order valence-corrected chi connectivity index (χ4v) is 8.30. The zero-order valence-electron chi connectivity index (χ0n) is 27.8. The first-order chi connectivity index (χ1) is 23.8. The van der Waals surface area contributed by atoms with Crippen molar-refractivity contribution < 1.29 is 33.8 Å². The number of carboxylic acid groups (broad SMARTS) is 1. The number of hydrogen-bond acceptors (Lipinski definition) is 6. The first-order valence-corrected chi connectivity index (χ1v) is 17.4. The van der Waals surface area contributed by atoms with Gasteiger partial charge in [0.15, 0.2) is 0 Å². The number of ether oxygens (including phenoxy) is 2. The normalized spacial score (nSPS) is 23.5. The highest BCUT2D eigenvalue weighted by molar-refractivity contribution is 6.02. The topological polar surface area (TPSA) is 117 Å².